The fraction of sp³-hybridized carbons (Fsp3) is 0.400. The number of carbonyl (C=O) groups is 1. The van der Waals surface area contributed by atoms with Crippen LogP contribution in [0.1, 0.15) is 38.3 Å². The number of hydrogen-bond acceptors (Lipinski definition) is 6. The molecule has 2 aromatic rings. The molecular formula is C15H19N3O4S. The number of aromatic hydroxyl groups is 1. The van der Waals surface area contributed by atoms with Gasteiger partial charge in [0.1, 0.15) is 17.4 Å². The Balaban J connectivity index is 2.16. The molecule has 1 unspecified atom stereocenters. The summed E-state index contributed by atoms with van der Waals surface area (Å²) in [6.45, 7) is 5.34. The summed E-state index contributed by atoms with van der Waals surface area (Å²) in [4.78, 5) is 12.1. The van der Waals surface area contributed by atoms with Gasteiger partial charge in [0.25, 0.3) is 4.84 Å². The van der Waals surface area contributed by atoms with E-state index in [4.69, 9.17) is 21.4 Å². The molecule has 0 fully saturated rings. The van der Waals surface area contributed by atoms with Crippen LogP contribution in [0.5, 0.6) is 5.75 Å². The number of phenolic OH excluding ortho intramolecular Hbond substituents is 1. The quantitative estimate of drug-likeness (QED) is 0.741. The molecule has 0 radical (unpaired) electrons. The minimum atomic E-state index is -0.612. The number of rotatable bonds is 4. The third kappa shape index (κ3) is 5.41. The Morgan fingerprint density at radius 3 is 2.61 bits per heavy atom. The van der Waals surface area contributed by atoms with E-state index in [-0.39, 0.29) is 16.5 Å². The number of benzene rings is 1. The lowest BCUT2D eigenvalue weighted by Crippen LogP contribution is -2.36. The number of aromatic amines is 1. The van der Waals surface area contributed by atoms with Gasteiger partial charge >= 0.3 is 6.09 Å². The van der Waals surface area contributed by atoms with Crippen molar-refractivity contribution in [3.8, 4) is 5.75 Å². The molecule has 1 aromatic carbocycles. The summed E-state index contributed by atoms with van der Waals surface area (Å²) >= 11 is 4.87. The van der Waals surface area contributed by atoms with Gasteiger partial charge in [-0.2, -0.15) is 0 Å². The van der Waals surface area contributed by atoms with Gasteiger partial charge in [0, 0.05) is 6.42 Å². The van der Waals surface area contributed by atoms with Crippen molar-refractivity contribution in [3.05, 3.63) is 40.6 Å². The van der Waals surface area contributed by atoms with E-state index in [2.05, 4.69) is 15.5 Å². The van der Waals surface area contributed by atoms with Crippen LogP contribution in [0.2, 0.25) is 0 Å². The van der Waals surface area contributed by atoms with E-state index >= 15 is 0 Å². The fourth-order valence-corrected chi connectivity index (χ4v) is 2.04. The zero-order valence-corrected chi connectivity index (χ0v) is 13.9. The molecule has 23 heavy (non-hydrogen) atoms. The first-order valence-electron chi connectivity index (χ1n) is 7.06. The van der Waals surface area contributed by atoms with Crippen molar-refractivity contribution in [2.45, 2.75) is 38.8 Å². The Labute approximate surface area is 138 Å². The Kier molecular flexibility index (Phi) is 5.05. The molecule has 0 aliphatic heterocycles. The molecule has 1 aromatic heterocycles. The number of aromatic nitrogens is 2. The number of phenols is 1. The molecule has 2 rings (SSSR count). The minimum Gasteiger partial charge on any atom is -0.508 e. The van der Waals surface area contributed by atoms with E-state index in [1.54, 1.807) is 45.0 Å². The molecule has 1 heterocycles. The number of amides is 1. The van der Waals surface area contributed by atoms with Gasteiger partial charge < -0.3 is 19.6 Å². The van der Waals surface area contributed by atoms with Crippen molar-refractivity contribution in [2.75, 3.05) is 0 Å². The van der Waals surface area contributed by atoms with E-state index in [9.17, 15) is 9.90 Å². The van der Waals surface area contributed by atoms with Crippen LogP contribution in [0, 0.1) is 4.84 Å². The molecule has 0 saturated carbocycles. The smallest absolute Gasteiger partial charge is 0.408 e. The van der Waals surface area contributed by atoms with Crippen LogP contribution in [-0.2, 0) is 11.2 Å². The second-order valence-electron chi connectivity index (χ2n) is 6.02. The summed E-state index contributed by atoms with van der Waals surface area (Å²) in [7, 11) is 0. The van der Waals surface area contributed by atoms with Gasteiger partial charge in [0.15, 0.2) is 0 Å². The topological polar surface area (TPSA) is 100 Å². The lowest BCUT2D eigenvalue weighted by Gasteiger charge is -2.22. The lowest BCUT2D eigenvalue weighted by atomic mass is 10.1. The number of carbonyl (C=O) groups excluding carboxylic acids is 1. The van der Waals surface area contributed by atoms with Crippen molar-refractivity contribution in [1.82, 2.24) is 15.5 Å². The van der Waals surface area contributed by atoms with E-state index < -0.39 is 17.7 Å². The third-order valence-electron chi connectivity index (χ3n) is 2.82. The molecule has 3 N–H and O–H groups in total. The molecule has 1 atom stereocenters. The van der Waals surface area contributed by atoms with Crippen molar-refractivity contribution in [3.63, 3.8) is 0 Å². The molecule has 0 aliphatic rings. The maximum Gasteiger partial charge on any atom is 0.408 e. The van der Waals surface area contributed by atoms with Gasteiger partial charge in [-0.1, -0.05) is 12.1 Å². The zero-order chi connectivity index (χ0) is 17.0. The molecule has 8 heteroatoms. The highest BCUT2D eigenvalue weighted by Crippen LogP contribution is 2.19. The van der Waals surface area contributed by atoms with Crippen molar-refractivity contribution in [2.24, 2.45) is 0 Å². The number of nitrogens with zero attached hydrogens (tertiary/aromatic N) is 1. The van der Waals surface area contributed by atoms with Crippen LogP contribution in [-0.4, -0.2) is 27.0 Å². The van der Waals surface area contributed by atoms with E-state index in [1.807, 2.05) is 0 Å². The predicted molar refractivity (Wildman–Crippen MR) is 85.6 cm³/mol. The highest BCUT2D eigenvalue weighted by atomic mass is 32.1. The molecule has 0 spiro atoms. The summed E-state index contributed by atoms with van der Waals surface area (Å²) in [6.07, 6.45) is -0.173. The highest BCUT2D eigenvalue weighted by Gasteiger charge is 2.24. The number of ether oxygens (including phenoxy) is 1. The van der Waals surface area contributed by atoms with E-state index in [0.717, 1.165) is 5.56 Å². The maximum absolute atomic E-state index is 12.0. The number of H-pyrrole nitrogens is 1. The Morgan fingerprint density at radius 2 is 2.09 bits per heavy atom. The second kappa shape index (κ2) is 6.82. The second-order valence-corrected chi connectivity index (χ2v) is 6.39. The first-order valence-corrected chi connectivity index (χ1v) is 7.46. The lowest BCUT2D eigenvalue weighted by molar-refractivity contribution is 0.0495. The first-order chi connectivity index (χ1) is 10.7. The van der Waals surface area contributed by atoms with Crippen molar-refractivity contribution in [1.29, 1.82) is 0 Å². The summed E-state index contributed by atoms with van der Waals surface area (Å²) < 4.78 is 10.6. The summed E-state index contributed by atoms with van der Waals surface area (Å²) in [5, 5.41) is 18.6. The number of hydrogen-bond donors (Lipinski definition) is 3. The van der Waals surface area contributed by atoms with Crippen LogP contribution in [0.25, 0.3) is 0 Å². The van der Waals surface area contributed by atoms with Crippen LogP contribution in [0.3, 0.4) is 0 Å². The van der Waals surface area contributed by atoms with E-state index in [1.165, 1.54) is 0 Å². The van der Waals surface area contributed by atoms with Crippen LogP contribution in [0.4, 0.5) is 4.79 Å². The molecule has 0 saturated heterocycles. The average Bonchev–Trinajstić information content (AvgIpc) is 2.85. The Bertz CT molecular complexity index is 715. The van der Waals surface area contributed by atoms with Gasteiger partial charge in [0.05, 0.1) is 0 Å². The SMILES string of the molecule is CC(C)(C)OC(=O)NC(Cc1ccc(O)cc1)c1n[nH]c(=S)o1. The normalized spacial score (nSPS) is 12.7. The first kappa shape index (κ1) is 17.0. The zero-order valence-electron chi connectivity index (χ0n) is 13.1. The number of alkyl carbamates (subject to hydrolysis) is 1. The summed E-state index contributed by atoms with van der Waals surface area (Å²) in [5.41, 5.74) is 0.270. The van der Waals surface area contributed by atoms with Crippen LogP contribution < -0.4 is 5.32 Å². The molecular weight excluding hydrogens is 318 g/mol. The third-order valence-corrected chi connectivity index (χ3v) is 2.99. The van der Waals surface area contributed by atoms with Crippen LogP contribution >= 0.6 is 12.2 Å². The molecule has 1 amide bonds. The molecule has 0 bridgehead atoms. The predicted octanol–water partition coefficient (Wildman–Crippen LogP) is 3.25. The summed E-state index contributed by atoms with van der Waals surface area (Å²) in [6, 6.07) is 6.09. The monoisotopic (exact) mass is 337 g/mol. The van der Waals surface area contributed by atoms with Gasteiger partial charge in [-0.15, -0.1) is 5.10 Å². The summed E-state index contributed by atoms with van der Waals surface area (Å²) in [5.74, 6) is 0.427. The van der Waals surface area contributed by atoms with E-state index in [0.29, 0.717) is 6.42 Å². The van der Waals surface area contributed by atoms with Gasteiger partial charge in [-0.05, 0) is 50.7 Å². The average molecular weight is 337 g/mol. The molecule has 7 nitrogen and oxygen atoms in total. The van der Waals surface area contributed by atoms with Gasteiger partial charge in [0.2, 0.25) is 5.89 Å². The highest BCUT2D eigenvalue weighted by molar-refractivity contribution is 7.71. The number of nitrogens with one attached hydrogen (secondary N) is 2. The minimum absolute atomic E-state index is 0.127. The van der Waals surface area contributed by atoms with Crippen molar-refractivity contribution >= 4 is 18.3 Å². The van der Waals surface area contributed by atoms with Crippen LogP contribution in [0.15, 0.2) is 28.7 Å². The Hall–Kier alpha value is -2.35. The molecule has 0 aliphatic carbocycles. The van der Waals surface area contributed by atoms with Gasteiger partial charge in [-0.25, -0.2) is 9.89 Å². The standard InChI is InChI=1S/C15H19N3O4S/c1-15(2,3)22-13(20)16-11(12-17-18-14(23)21-12)8-9-4-6-10(19)7-5-9/h4-7,11,19H,8H2,1-3H3,(H,16,20)(H,18,23). The van der Waals surface area contributed by atoms with Crippen molar-refractivity contribution < 1.29 is 19.1 Å². The maximum atomic E-state index is 12.0. The largest absolute Gasteiger partial charge is 0.508 e. The molecule has 124 valence electrons. The van der Waals surface area contributed by atoms with Gasteiger partial charge in [-0.3, -0.25) is 0 Å². The fourth-order valence-electron chi connectivity index (χ4n) is 1.91. The Morgan fingerprint density at radius 1 is 1.43 bits per heavy atom.